The van der Waals surface area contributed by atoms with Gasteiger partial charge in [0.05, 0.1) is 23.9 Å². The molecular formula is C15H17N5O3S. The van der Waals surface area contributed by atoms with E-state index in [9.17, 15) is 8.42 Å². The maximum Gasteiger partial charge on any atom is 0.297 e. The molecule has 0 radical (unpaired) electrons. The van der Waals surface area contributed by atoms with Crippen LogP contribution in [0.15, 0.2) is 41.8 Å². The van der Waals surface area contributed by atoms with Crippen LogP contribution < -0.4 is 5.73 Å². The summed E-state index contributed by atoms with van der Waals surface area (Å²) in [6.07, 6.45) is 2.27. The second-order valence-corrected chi connectivity index (χ2v) is 7.07. The number of anilines is 1. The Bertz CT molecular complexity index is 966. The number of fused-ring (bicyclic) bond motifs is 1. The molecule has 126 valence electrons. The van der Waals surface area contributed by atoms with E-state index in [1.165, 1.54) is 24.8 Å². The first-order valence-corrected chi connectivity index (χ1v) is 8.69. The summed E-state index contributed by atoms with van der Waals surface area (Å²) in [4.78, 5) is 12.3. The average Bonchev–Trinajstić information content (AvgIpc) is 2.91. The highest BCUT2D eigenvalue weighted by molar-refractivity contribution is 7.86. The summed E-state index contributed by atoms with van der Waals surface area (Å²) in [5.41, 5.74) is 7.72. The van der Waals surface area contributed by atoms with E-state index in [1.54, 1.807) is 23.6 Å². The minimum atomic E-state index is -3.83. The van der Waals surface area contributed by atoms with E-state index >= 15 is 0 Å². The Balaban J connectivity index is 1.78. The maximum atomic E-state index is 12.3. The zero-order valence-corrected chi connectivity index (χ0v) is 14.1. The Labute approximate surface area is 139 Å². The van der Waals surface area contributed by atoms with Crippen molar-refractivity contribution in [1.29, 1.82) is 0 Å². The van der Waals surface area contributed by atoms with Crippen molar-refractivity contribution in [3.8, 4) is 0 Å². The van der Waals surface area contributed by atoms with Crippen LogP contribution in [-0.4, -0.2) is 34.0 Å². The zero-order valence-electron chi connectivity index (χ0n) is 13.2. The molecule has 2 heterocycles. The largest absolute Gasteiger partial charge is 0.382 e. The molecule has 0 saturated carbocycles. The summed E-state index contributed by atoms with van der Waals surface area (Å²) < 4.78 is 31.6. The van der Waals surface area contributed by atoms with Crippen LogP contribution in [0.5, 0.6) is 0 Å². The molecule has 0 aliphatic rings. The molecule has 0 amide bonds. The van der Waals surface area contributed by atoms with Gasteiger partial charge in [-0.1, -0.05) is 17.7 Å². The van der Waals surface area contributed by atoms with Crippen molar-refractivity contribution < 1.29 is 12.6 Å². The molecule has 0 bridgehead atoms. The van der Waals surface area contributed by atoms with E-state index in [1.807, 2.05) is 6.92 Å². The molecule has 9 heteroatoms. The standard InChI is InChI=1S/C15H17N5O3S/c1-10-3-5-12(6-4-10)24(21,22)23-11(2)7-20-9-19-13-14(16)17-8-18-15(13)20/h3-6,8-9,11H,7H2,1-2H3,(H2,16,17,18)/t11-/m1/s1. The Morgan fingerprint density at radius 2 is 1.92 bits per heavy atom. The van der Waals surface area contributed by atoms with Gasteiger partial charge in [0.2, 0.25) is 0 Å². The molecule has 1 atom stereocenters. The number of aryl methyl sites for hydroxylation is 1. The van der Waals surface area contributed by atoms with Crippen molar-refractivity contribution in [2.24, 2.45) is 0 Å². The molecule has 2 aromatic heterocycles. The summed E-state index contributed by atoms with van der Waals surface area (Å²) in [6, 6.07) is 6.50. The molecule has 8 nitrogen and oxygen atoms in total. The molecule has 0 saturated heterocycles. The topological polar surface area (TPSA) is 113 Å². The quantitative estimate of drug-likeness (QED) is 0.696. The predicted molar refractivity (Wildman–Crippen MR) is 88.6 cm³/mol. The van der Waals surface area contributed by atoms with E-state index in [2.05, 4.69) is 15.0 Å². The van der Waals surface area contributed by atoms with Crippen LogP contribution >= 0.6 is 0 Å². The van der Waals surface area contributed by atoms with Crippen LogP contribution in [0.2, 0.25) is 0 Å². The molecule has 0 fully saturated rings. The number of hydrogen-bond acceptors (Lipinski definition) is 7. The fraction of sp³-hybridized carbons (Fsp3) is 0.267. The van der Waals surface area contributed by atoms with E-state index < -0.39 is 16.2 Å². The fourth-order valence-corrected chi connectivity index (χ4v) is 3.39. The zero-order chi connectivity index (χ0) is 17.3. The number of imidazole rings is 1. The normalized spacial score (nSPS) is 13.2. The SMILES string of the molecule is Cc1ccc(S(=O)(=O)O[C@H](C)Cn2cnc3c(N)ncnc32)cc1. The summed E-state index contributed by atoms with van der Waals surface area (Å²) in [5.74, 6) is 0.277. The first kappa shape index (κ1) is 16.3. The van der Waals surface area contributed by atoms with Crippen molar-refractivity contribution in [3.05, 3.63) is 42.5 Å². The van der Waals surface area contributed by atoms with Gasteiger partial charge in [0.1, 0.15) is 11.8 Å². The highest BCUT2D eigenvalue weighted by Gasteiger charge is 2.20. The molecular weight excluding hydrogens is 330 g/mol. The summed E-state index contributed by atoms with van der Waals surface area (Å²) >= 11 is 0. The van der Waals surface area contributed by atoms with Crippen LogP contribution in [0.25, 0.3) is 11.2 Å². The predicted octanol–water partition coefficient (Wildman–Crippen LogP) is 1.51. The summed E-state index contributed by atoms with van der Waals surface area (Å²) in [5, 5.41) is 0. The van der Waals surface area contributed by atoms with E-state index in [0.717, 1.165) is 5.56 Å². The summed E-state index contributed by atoms with van der Waals surface area (Å²) in [6.45, 7) is 3.82. The lowest BCUT2D eigenvalue weighted by Crippen LogP contribution is -2.21. The van der Waals surface area contributed by atoms with Crippen molar-refractivity contribution in [2.45, 2.75) is 31.4 Å². The number of aromatic nitrogens is 4. The lowest BCUT2D eigenvalue weighted by atomic mass is 10.2. The molecule has 1 aromatic carbocycles. The summed E-state index contributed by atoms with van der Waals surface area (Å²) in [7, 11) is -3.83. The van der Waals surface area contributed by atoms with Crippen LogP contribution in [-0.2, 0) is 20.8 Å². The third kappa shape index (κ3) is 3.22. The Morgan fingerprint density at radius 3 is 2.62 bits per heavy atom. The minimum Gasteiger partial charge on any atom is -0.382 e. The third-order valence-corrected chi connectivity index (χ3v) is 4.92. The number of rotatable bonds is 5. The Kier molecular flexibility index (Phi) is 4.20. The van der Waals surface area contributed by atoms with Gasteiger partial charge < -0.3 is 10.3 Å². The van der Waals surface area contributed by atoms with E-state index in [4.69, 9.17) is 9.92 Å². The van der Waals surface area contributed by atoms with Crippen molar-refractivity contribution in [3.63, 3.8) is 0 Å². The number of hydrogen-bond donors (Lipinski definition) is 1. The van der Waals surface area contributed by atoms with Gasteiger partial charge in [0, 0.05) is 0 Å². The highest BCUT2D eigenvalue weighted by Crippen LogP contribution is 2.18. The van der Waals surface area contributed by atoms with Gasteiger partial charge in [-0.05, 0) is 26.0 Å². The van der Waals surface area contributed by atoms with Crippen molar-refractivity contribution in [1.82, 2.24) is 19.5 Å². The molecule has 24 heavy (non-hydrogen) atoms. The van der Waals surface area contributed by atoms with Gasteiger partial charge in [0.25, 0.3) is 10.1 Å². The van der Waals surface area contributed by atoms with Crippen LogP contribution in [0.4, 0.5) is 5.82 Å². The van der Waals surface area contributed by atoms with Gasteiger partial charge in [-0.15, -0.1) is 0 Å². The second-order valence-electron chi connectivity index (χ2n) is 5.50. The van der Waals surface area contributed by atoms with Gasteiger partial charge in [-0.3, -0.25) is 4.18 Å². The first-order chi connectivity index (χ1) is 11.4. The van der Waals surface area contributed by atoms with E-state index in [-0.39, 0.29) is 17.3 Å². The number of nitrogens with two attached hydrogens (primary N) is 1. The number of benzene rings is 1. The molecule has 0 unspecified atom stereocenters. The molecule has 2 N–H and O–H groups in total. The lowest BCUT2D eigenvalue weighted by Gasteiger charge is -2.14. The van der Waals surface area contributed by atoms with Crippen LogP contribution in [0.3, 0.4) is 0 Å². The maximum absolute atomic E-state index is 12.3. The van der Waals surface area contributed by atoms with Crippen LogP contribution in [0.1, 0.15) is 12.5 Å². The van der Waals surface area contributed by atoms with Gasteiger partial charge in [0.15, 0.2) is 11.5 Å². The molecule has 0 aliphatic heterocycles. The third-order valence-electron chi connectivity index (χ3n) is 3.48. The Hall–Kier alpha value is -2.52. The fourth-order valence-electron chi connectivity index (χ4n) is 2.32. The number of nitrogen functional groups attached to an aromatic ring is 1. The van der Waals surface area contributed by atoms with Crippen molar-refractivity contribution in [2.75, 3.05) is 5.73 Å². The monoisotopic (exact) mass is 347 g/mol. The van der Waals surface area contributed by atoms with Gasteiger partial charge in [-0.2, -0.15) is 8.42 Å². The highest BCUT2D eigenvalue weighted by atomic mass is 32.2. The Morgan fingerprint density at radius 1 is 1.21 bits per heavy atom. The first-order valence-electron chi connectivity index (χ1n) is 7.28. The smallest absolute Gasteiger partial charge is 0.297 e. The van der Waals surface area contributed by atoms with Crippen molar-refractivity contribution >= 4 is 27.1 Å². The number of nitrogens with zero attached hydrogens (tertiary/aromatic N) is 4. The van der Waals surface area contributed by atoms with Crippen LogP contribution in [0, 0.1) is 6.92 Å². The minimum absolute atomic E-state index is 0.127. The molecule has 0 aliphatic carbocycles. The second kappa shape index (κ2) is 6.17. The average molecular weight is 347 g/mol. The van der Waals surface area contributed by atoms with Gasteiger partial charge >= 0.3 is 0 Å². The molecule has 0 spiro atoms. The lowest BCUT2D eigenvalue weighted by molar-refractivity contribution is 0.208. The molecule has 3 aromatic rings. The van der Waals surface area contributed by atoms with E-state index in [0.29, 0.717) is 11.2 Å². The molecule has 3 rings (SSSR count). The van der Waals surface area contributed by atoms with Gasteiger partial charge in [-0.25, -0.2) is 15.0 Å².